The summed E-state index contributed by atoms with van der Waals surface area (Å²) in [6.45, 7) is 0.654. The molecule has 86 valence electrons. The second kappa shape index (κ2) is 5.11. The predicted molar refractivity (Wildman–Crippen MR) is 46.3 cm³/mol. The van der Waals surface area contributed by atoms with Gasteiger partial charge in [-0.05, 0) is 7.05 Å². The molecule has 7 heteroatoms. The van der Waals surface area contributed by atoms with Gasteiger partial charge in [-0.1, -0.05) is 5.16 Å². The van der Waals surface area contributed by atoms with E-state index in [4.69, 9.17) is 4.52 Å². The van der Waals surface area contributed by atoms with Gasteiger partial charge >= 0.3 is 6.18 Å². The maximum Gasteiger partial charge on any atom is 0.389 e. The first-order valence-electron chi connectivity index (χ1n) is 4.54. The summed E-state index contributed by atoms with van der Waals surface area (Å²) in [4.78, 5) is 3.83. The lowest BCUT2D eigenvalue weighted by Crippen LogP contribution is -2.11. The first-order chi connectivity index (χ1) is 7.01. The molecule has 0 spiro atoms. The molecule has 0 unspecified atom stereocenters. The molecule has 0 fully saturated rings. The molecule has 1 heterocycles. The van der Waals surface area contributed by atoms with E-state index in [2.05, 4.69) is 15.5 Å². The highest BCUT2D eigenvalue weighted by Gasteiger charge is 2.27. The molecule has 0 amide bonds. The monoisotopic (exact) mass is 223 g/mol. The average molecular weight is 223 g/mol. The van der Waals surface area contributed by atoms with Gasteiger partial charge < -0.3 is 9.84 Å². The summed E-state index contributed by atoms with van der Waals surface area (Å²) in [5, 5.41) is 6.33. The zero-order chi connectivity index (χ0) is 11.3. The molecule has 0 atom stereocenters. The fourth-order valence-corrected chi connectivity index (χ4v) is 0.979. The van der Waals surface area contributed by atoms with Crippen LogP contribution in [0.25, 0.3) is 0 Å². The molecule has 0 aliphatic heterocycles. The van der Waals surface area contributed by atoms with Gasteiger partial charge in [-0.15, -0.1) is 0 Å². The Kier molecular flexibility index (Phi) is 4.07. The highest BCUT2D eigenvalue weighted by molar-refractivity contribution is 4.87. The highest BCUT2D eigenvalue weighted by atomic mass is 19.4. The van der Waals surface area contributed by atoms with Crippen molar-refractivity contribution in [2.45, 2.75) is 25.4 Å². The molecule has 0 aliphatic rings. The van der Waals surface area contributed by atoms with Gasteiger partial charge in [0.25, 0.3) is 0 Å². The molecule has 1 aromatic rings. The third-order valence-corrected chi connectivity index (χ3v) is 1.73. The van der Waals surface area contributed by atoms with Gasteiger partial charge in [-0.2, -0.15) is 18.2 Å². The van der Waals surface area contributed by atoms with Crippen LogP contribution < -0.4 is 5.32 Å². The lowest BCUT2D eigenvalue weighted by molar-refractivity contribution is -0.134. The molecule has 0 radical (unpaired) electrons. The molecule has 0 saturated carbocycles. The maximum atomic E-state index is 11.9. The SMILES string of the molecule is CNCCc1nc(CCC(F)(F)F)no1. The van der Waals surface area contributed by atoms with Crippen molar-refractivity contribution in [1.29, 1.82) is 0 Å². The largest absolute Gasteiger partial charge is 0.389 e. The number of hydrogen-bond acceptors (Lipinski definition) is 4. The van der Waals surface area contributed by atoms with Gasteiger partial charge in [0.05, 0.1) is 6.42 Å². The molecule has 0 bridgehead atoms. The van der Waals surface area contributed by atoms with Crippen LogP contribution in [0, 0.1) is 0 Å². The number of aryl methyl sites for hydroxylation is 1. The second-order valence-electron chi connectivity index (χ2n) is 3.07. The predicted octanol–water partition coefficient (Wildman–Crippen LogP) is 1.33. The normalized spacial score (nSPS) is 12.0. The molecular formula is C8H12F3N3O. The van der Waals surface area contributed by atoms with Crippen molar-refractivity contribution in [3.63, 3.8) is 0 Å². The van der Waals surface area contributed by atoms with E-state index < -0.39 is 12.6 Å². The number of nitrogens with one attached hydrogen (secondary N) is 1. The van der Waals surface area contributed by atoms with Crippen LogP contribution in [0.3, 0.4) is 0 Å². The Balaban J connectivity index is 2.39. The van der Waals surface area contributed by atoms with Gasteiger partial charge in [-0.25, -0.2) is 0 Å². The molecule has 1 aromatic heterocycles. The topological polar surface area (TPSA) is 51.0 Å². The minimum absolute atomic E-state index is 0.110. The summed E-state index contributed by atoms with van der Waals surface area (Å²) < 4.78 is 40.3. The average Bonchev–Trinajstić information content (AvgIpc) is 2.58. The van der Waals surface area contributed by atoms with Gasteiger partial charge in [0.1, 0.15) is 0 Å². The summed E-state index contributed by atoms with van der Waals surface area (Å²) in [6, 6.07) is 0. The second-order valence-corrected chi connectivity index (χ2v) is 3.07. The van der Waals surface area contributed by atoms with Gasteiger partial charge in [0, 0.05) is 19.4 Å². The van der Waals surface area contributed by atoms with E-state index in [-0.39, 0.29) is 12.2 Å². The van der Waals surface area contributed by atoms with Gasteiger partial charge in [0.2, 0.25) is 5.89 Å². The van der Waals surface area contributed by atoms with Crippen molar-refractivity contribution in [3.05, 3.63) is 11.7 Å². The zero-order valence-corrected chi connectivity index (χ0v) is 8.26. The maximum absolute atomic E-state index is 11.9. The smallest absolute Gasteiger partial charge is 0.339 e. The fraction of sp³-hybridized carbons (Fsp3) is 0.750. The van der Waals surface area contributed by atoms with Crippen molar-refractivity contribution < 1.29 is 17.7 Å². The minimum Gasteiger partial charge on any atom is -0.339 e. The third kappa shape index (κ3) is 4.78. The van der Waals surface area contributed by atoms with Crippen molar-refractivity contribution >= 4 is 0 Å². The van der Waals surface area contributed by atoms with Crippen LogP contribution in [0.2, 0.25) is 0 Å². The molecule has 4 nitrogen and oxygen atoms in total. The van der Waals surface area contributed by atoms with Crippen LogP contribution in [0.4, 0.5) is 13.2 Å². The Hall–Kier alpha value is -1.11. The Morgan fingerprint density at radius 1 is 1.33 bits per heavy atom. The van der Waals surface area contributed by atoms with E-state index in [1.807, 2.05) is 0 Å². The molecule has 0 aromatic carbocycles. The van der Waals surface area contributed by atoms with Crippen LogP contribution in [-0.4, -0.2) is 29.9 Å². The third-order valence-electron chi connectivity index (χ3n) is 1.73. The van der Waals surface area contributed by atoms with E-state index in [1.54, 1.807) is 7.05 Å². The highest BCUT2D eigenvalue weighted by Crippen LogP contribution is 2.21. The van der Waals surface area contributed by atoms with Crippen LogP contribution in [0.5, 0.6) is 0 Å². The van der Waals surface area contributed by atoms with Crippen LogP contribution in [-0.2, 0) is 12.8 Å². The number of hydrogen-bond donors (Lipinski definition) is 1. The summed E-state index contributed by atoms with van der Waals surface area (Å²) in [5.41, 5.74) is 0. The molecule has 0 saturated heterocycles. The number of alkyl halides is 3. The Morgan fingerprint density at radius 3 is 2.67 bits per heavy atom. The van der Waals surface area contributed by atoms with E-state index in [1.165, 1.54) is 0 Å². The molecular weight excluding hydrogens is 211 g/mol. The van der Waals surface area contributed by atoms with Crippen molar-refractivity contribution in [3.8, 4) is 0 Å². The fourth-order valence-electron chi connectivity index (χ4n) is 0.979. The Labute approximate surface area is 84.9 Å². The quantitative estimate of drug-likeness (QED) is 0.818. The minimum atomic E-state index is -4.17. The lowest BCUT2D eigenvalue weighted by atomic mass is 10.3. The Morgan fingerprint density at radius 2 is 2.07 bits per heavy atom. The number of aromatic nitrogens is 2. The number of likely N-dealkylation sites (N-methyl/N-ethyl adjacent to an activating group) is 1. The van der Waals surface area contributed by atoms with E-state index >= 15 is 0 Å². The first kappa shape index (κ1) is 12.0. The van der Waals surface area contributed by atoms with E-state index in [9.17, 15) is 13.2 Å². The van der Waals surface area contributed by atoms with E-state index in [0.29, 0.717) is 18.9 Å². The summed E-state index contributed by atoms with van der Waals surface area (Å²) in [5.74, 6) is 0.472. The lowest BCUT2D eigenvalue weighted by Gasteiger charge is -2.01. The number of nitrogens with zero attached hydrogens (tertiary/aromatic N) is 2. The van der Waals surface area contributed by atoms with E-state index in [0.717, 1.165) is 0 Å². The number of rotatable bonds is 5. The van der Waals surface area contributed by atoms with Crippen molar-refractivity contribution in [2.24, 2.45) is 0 Å². The number of halogens is 3. The molecule has 0 aliphatic carbocycles. The molecule has 15 heavy (non-hydrogen) atoms. The van der Waals surface area contributed by atoms with Crippen molar-refractivity contribution in [1.82, 2.24) is 15.5 Å². The van der Waals surface area contributed by atoms with Crippen molar-refractivity contribution in [2.75, 3.05) is 13.6 Å². The van der Waals surface area contributed by atoms with Crippen LogP contribution in [0.15, 0.2) is 4.52 Å². The van der Waals surface area contributed by atoms with Crippen LogP contribution >= 0.6 is 0 Å². The zero-order valence-electron chi connectivity index (χ0n) is 8.26. The van der Waals surface area contributed by atoms with Gasteiger partial charge in [0.15, 0.2) is 5.82 Å². The summed E-state index contributed by atoms with van der Waals surface area (Å²) in [7, 11) is 1.76. The van der Waals surface area contributed by atoms with Gasteiger partial charge in [-0.3, -0.25) is 0 Å². The standard InChI is InChI=1S/C8H12F3N3O/c1-12-5-3-7-13-6(14-15-7)2-4-8(9,10)11/h12H,2-5H2,1H3. The molecule has 1 N–H and O–H groups in total. The first-order valence-corrected chi connectivity index (χ1v) is 4.54. The summed E-state index contributed by atoms with van der Waals surface area (Å²) >= 11 is 0. The van der Waals surface area contributed by atoms with Crippen LogP contribution in [0.1, 0.15) is 18.1 Å². The molecule has 1 rings (SSSR count). The summed E-state index contributed by atoms with van der Waals surface area (Å²) in [6.07, 6.45) is -4.80. The Bertz CT molecular complexity index is 298.